The largest absolute Gasteiger partial charge is 0.354 e. The zero-order valence-electron chi connectivity index (χ0n) is 12.8. The number of rotatable bonds is 6. The fourth-order valence-electron chi connectivity index (χ4n) is 1.94. The number of thiazole rings is 1. The summed E-state index contributed by atoms with van der Waals surface area (Å²) in [6.07, 6.45) is 2.16. The highest BCUT2D eigenvalue weighted by molar-refractivity contribution is 7.13. The van der Waals surface area contributed by atoms with Gasteiger partial charge in [-0.05, 0) is 26.7 Å². The summed E-state index contributed by atoms with van der Waals surface area (Å²) in [5, 5.41) is 6.05. The molecule has 4 heteroatoms. The van der Waals surface area contributed by atoms with Crippen molar-refractivity contribution in [3.05, 3.63) is 40.9 Å². The summed E-state index contributed by atoms with van der Waals surface area (Å²) in [5.74, 6) is 0.106. The molecule has 112 valence electrons. The predicted molar refractivity (Wildman–Crippen MR) is 88.5 cm³/mol. The Hall–Kier alpha value is -1.68. The summed E-state index contributed by atoms with van der Waals surface area (Å²) in [6.45, 7) is 6.17. The van der Waals surface area contributed by atoms with Gasteiger partial charge in [0, 0.05) is 23.4 Å². The number of aromatic nitrogens is 1. The Morgan fingerprint density at radius 3 is 2.71 bits per heavy atom. The van der Waals surface area contributed by atoms with Crippen molar-refractivity contribution in [2.45, 2.75) is 46.1 Å². The lowest BCUT2D eigenvalue weighted by molar-refractivity contribution is -0.121. The van der Waals surface area contributed by atoms with Crippen molar-refractivity contribution in [2.24, 2.45) is 0 Å². The standard InChI is InChI=1S/C17H22N2OS/c1-4-13(3)18-16(20)10-9-15-11-21-17(19-15)14-7-5-12(2)6-8-14/h5-8,11,13H,4,9-10H2,1-3H3,(H,18,20). The van der Waals surface area contributed by atoms with E-state index in [0.29, 0.717) is 12.8 Å². The topological polar surface area (TPSA) is 42.0 Å². The number of aryl methyl sites for hydroxylation is 2. The molecule has 1 unspecified atom stereocenters. The highest BCUT2D eigenvalue weighted by Gasteiger charge is 2.09. The molecular weight excluding hydrogens is 280 g/mol. The lowest BCUT2D eigenvalue weighted by atomic mass is 10.1. The fraction of sp³-hybridized carbons (Fsp3) is 0.412. The van der Waals surface area contributed by atoms with E-state index in [0.717, 1.165) is 22.7 Å². The van der Waals surface area contributed by atoms with Crippen LogP contribution >= 0.6 is 11.3 Å². The van der Waals surface area contributed by atoms with Gasteiger partial charge in [0.2, 0.25) is 5.91 Å². The van der Waals surface area contributed by atoms with Crippen LogP contribution in [0.2, 0.25) is 0 Å². The first-order valence-electron chi connectivity index (χ1n) is 7.39. The minimum atomic E-state index is 0.106. The Balaban J connectivity index is 1.91. The van der Waals surface area contributed by atoms with Crippen LogP contribution in [0, 0.1) is 6.92 Å². The summed E-state index contributed by atoms with van der Waals surface area (Å²) in [5.41, 5.74) is 3.38. The van der Waals surface area contributed by atoms with E-state index >= 15 is 0 Å². The molecule has 0 aliphatic rings. The number of hydrogen-bond donors (Lipinski definition) is 1. The lowest BCUT2D eigenvalue weighted by Gasteiger charge is -2.10. The monoisotopic (exact) mass is 302 g/mol. The molecule has 0 fully saturated rings. The Labute approximate surface area is 130 Å². The van der Waals surface area contributed by atoms with Gasteiger partial charge in [-0.2, -0.15) is 0 Å². The van der Waals surface area contributed by atoms with E-state index in [1.54, 1.807) is 11.3 Å². The van der Waals surface area contributed by atoms with Gasteiger partial charge in [-0.3, -0.25) is 4.79 Å². The molecule has 0 saturated carbocycles. The number of amides is 1. The van der Waals surface area contributed by atoms with Gasteiger partial charge in [0.1, 0.15) is 5.01 Å². The van der Waals surface area contributed by atoms with Gasteiger partial charge < -0.3 is 5.32 Å². The van der Waals surface area contributed by atoms with E-state index in [-0.39, 0.29) is 11.9 Å². The average Bonchev–Trinajstić information content (AvgIpc) is 2.94. The van der Waals surface area contributed by atoms with E-state index in [1.165, 1.54) is 5.56 Å². The molecule has 0 aliphatic carbocycles. The Bertz CT molecular complexity index is 589. The quantitative estimate of drug-likeness (QED) is 0.877. The Morgan fingerprint density at radius 1 is 1.33 bits per heavy atom. The molecule has 0 spiro atoms. The van der Waals surface area contributed by atoms with Crippen molar-refractivity contribution < 1.29 is 4.79 Å². The summed E-state index contributed by atoms with van der Waals surface area (Å²) < 4.78 is 0. The maximum Gasteiger partial charge on any atom is 0.220 e. The van der Waals surface area contributed by atoms with Gasteiger partial charge in [0.15, 0.2) is 0 Å². The maximum absolute atomic E-state index is 11.8. The van der Waals surface area contributed by atoms with Crippen LogP contribution in [-0.2, 0) is 11.2 Å². The van der Waals surface area contributed by atoms with E-state index in [1.807, 2.05) is 12.3 Å². The van der Waals surface area contributed by atoms with Crippen LogP contribution in [0.5, 0.6) is 0 Å². The van der Waals surface area contributed by atoms with Crippen LogP contribution in [0.3, 0.4) is 0 Å². The Kier molecular flexibility index (Phi) is 5.51. The summed E-state index contributed by atoms with van der Waals surface area (Å²) in [4.78, 5) is 16.4. The second-order valence-corrected chi connectivity index (χ2v) is 6.24. The van der Waals surface area contributed by atoms with Crippen LogP contribution in [0.1, 0.15) is 37.9 Å². The number of nitrogens with zero attached hydrogens (tertiary/aromatic N) is 1. The number of carbonyl (C=O) groups excluding carboxylic acids is 1. The van der Waals surface area contributed by atoms with Crippen LogP contribution in [0.25, 0.3) is 10.6 Å². The van der Waals surface area contributed by atoms with E-state index in [4.69, 9.17) is 0 Å². The molecule has 1 aromatic carbocycles. The van der Waals surface area contributed by atoms with Crippen LogP contribution < -0.4 is 5.32 Å². The lowest BCUT2D eigenvalue weighted by Crippen LogP contribution is -2.32. The van der Waals surface area contributed by atoms with E-state index < -0.39 is 0 Å². The van der Waals surface area contributed by atoms with E-state index in [9.17, 15) is 4.79 Å². The number of hydrogen-bond acceptors (Lipinski definition) is 3. The van der Waals surface area contributed by atoms with Gasteiger partial charge in [0.25, 0.3) is 0 Å². The molecule has 1 atom stereocenters. The third kappa shape index (κ3) is 4.67. The van der Waals surface area contributed by atoms with Crippen molar-refractivity contribution in [2.75, 3.05) is 0 Å². The molecule has 2 aromatic rings. The molecule has 0 radical (unpaired) electrons. The highest BCUT2D eigenvalue weighted by Crippen LogP contribution is 2.24. The second kappa shape index (κ2) is 7.36. The van der Waals surface area contributed by atoms with Gasteiger partial charge in [-0.1, -0.05) is 36.8 Å². The maximum atomic E-state index is 11.8. The fourth-order valence-corrected chi connectivity index (χ4v) is 2.80. The molecule has 0 saturated heterocycles. The number of benzene rings is 1. The minimum absolute atomic E-state index is 0.106. The molecular formula is C17H22N2OS. The van der Waals surface area contributed by atoms with Crippen molar-refractivity contribution >= 4 is 17.2 Å². The molecule has 2 rings (SSSR count). The van der Waals surface area contributed by atoms with Crippen molar-refractivity contribution in [3.63, 3.8) is 0 Å². The van der Waals surface area contributed by atoms with Crippen molar-refractivity contribution in [1.82, 2.24) is 10.3 Å². The zero-order valence-corrected chi connectivity index (χ0v) is 13.7. The van der Waals surface area contributed by atoms with Gasteiger partial charge >= 0.3 is 0 Å². The van der Waals surface area contributed by atoms with Gasteiger partial charge in [0.05, 0.1) is 5.69 Å². The van der Waals surface area contributed by atoms with Crippen molar-refractivity contribution in [3.8, 4) is 10.6 Å². The summed E-state index contributed by atoms with van der Waals surface area (Å²) in [6, 6.07) is 8.61. The molecule has 1 heterocycles. The first kappa shape index (κ1) is 15.7. The number of carbonyl (C=O) groups is 1. The van der Waals surface area contributed by atoms with Crippen molar-refractivity contribution in [1.29, 1.82) is 0 Å². The number of nitrogens with one attached hydrogen (secondary N) is 1. The third-order valence-electron chi connectivity index (χ3n) is 3.48. The normalized spacial score (nSPS) is 12.1. The van der Waals surface area contributed by atoms with Crippen LogP contribution in [0.15, 0.2) is 29.6 Å². The molecule has 1 amide bonds. The highest BCUT2D eigenvalue weighted by atomic mass is 32.1. The molecule has 0 bridgehead atoms. The summed E-state index contributed by atoms with van der Waals surface area (Å²) >= 11 is 1.64. The molecule has 1 aromatic heterocycles. The zero-order chi connectivity index (χ0) is 15.2. The van der Waals surface area contributed by atoms with Gasteiger partial charge in [-0.15, -0.1) is 11.3 Å². The van der Waals surface area contributed by atoms with Crippen LogP contribution in [-0.4, -0.2) is 16.9 Å². The van der Waals surface area contributed by atoms with Gasteiger partial charge in [-0.25, -0.2) is 4.98 Å². The van der Waals surface area contributed by atoms with E-state index in [2.05, 4.69) is 48.4 Å². The second-order valence-electron chi connectivity index (χ2n) is 5.39. The Morgan fingerprint density at radius 2 is 2.05 bits per heavy atom. The predicted octanol–water partition coefficient (Wildman–Crippen LogP) is 3.97. The molecule has 1 N–H and O–H groups in total. The average molecular weight is 302 g/mol. The molecule has 0 aliphatic heterocycles. The molecule has 3 nitrogen and oxygen atoms in total. The molecule has 21 heavy (non-hydrogen) atoms. The first-order chi connectivity index (χ1) is 10.1. The SMILES string of the molecule is CCC(C)NC(=O)CCc1csc(-c2ccc(C)cc2)n1. The smallest absolute Gasteiger partial charge is 0.220 e. The third-order valence-corrected chi connectivity index (χ3v) is 4.42. The van der Waals surface area contributed by atoms with Crippen LogP contribution in [0.4, 0.5) is 0 Å². The minimum Gasteiger partial charge on any atom is -0.354 e. The summed E-state index contributed by atoms with van der Waals surface area (Å²) in [7, 11) is 0. The first-order valence-corrected chi connectivity index (χ1v) is 8.27.